The Morgan fingerprint density at radius 2 is 1.74 bits per heavy atom. The van der Waals surface area contributed by atoms with E-state index in [1.165, 1.54) is 10.8 Å². The van der Waals surface area contributed by atoms with E-state index in [1.807, 2.05) is 0 Å². The standard InChI is InChI=1S/C13H22N3O15P3/c17-9-8(5-28-33(24,25)31-34(26,27)30-32(21,22)23)29-11(10(9)18)7-4-16(6-1-2-14-3-6)13(20)15-12(7)19/h4,6,8-11,14,17-18H,1-3,5H2,(H,24,25)(H,26,27)(H,15,19,20)(H2,21,22,23)/t6?,8-,9?,10?,11+/m1/s1. The Balaban J connectivity index is 1.72. The highest BCUT2D eigenvalue weighted by atomic mass is 31.3. The third-order valence-corrected chi connectivity index (χ3v) is 8.71. The van der Waals surface area contributed by atoms with Crippen LogP contribution < -0.4 is 16.6 Å². The van der Waals surface area contributed by atoms with E-state index in [0.29, 0.717) is 19.5 Å². The molecule has 5 unspecified atom stereocenters. The third-order valence-electron chi connectivity index (χ3n) is 4.91. The van der Waals surface area contributed by atoms with Crippen LogP contribution in [0.25, 0.3) is 0 Å². The van der Waals surface area contributed by atoms with Crippen LogP contribution in [-0.2, 0) is 31.6 Å². The van der Waals surface area contributed by atoms with Gasteiger partial charge in [-0.25, -0.2) is 18.5 Å². The molecule has 0 aliphatic carbocycles. The van der Waals surface area contributed by atoms with Crippen molar-refractivity contribution in [1.82, 2.24) is 14.9 Å². The number of aromatic nitrogens is 2. The Labute approximate surface area is 189 Å². The molecule has 2 fully saturated rings. The number of aliphatic hydroxyl groups excluding tert-OH is 2. The number of aromatic amines is 1. The predicted octanol–water partition coefficient (Wildman–Crippen LogP) is -2.42. The molecule has 0 amide bonds. The van der Waals surface area contributed by atoms with Gasteiger partial charge in [-0.05, 0) is 13.0 Å². The lowest BCUT2D eigenvalue weighted by Crippen LogP contribution is -2.37. The first-order valence-electron chi connectivity index (χ1n) is 9.44. The molecular weight excluding hydrogens is 531 g/mol. The smallest absolute Gasteiger partial charge is 0.387 e. The number of nitrogens with zero attached hydrogens (tertiary/aromatic N) is 1. The van der Waals surface area contributed by atoms with E-state index in [4.69, 9.17) is 19.4 Å². The van der Waals surface area contributed by atoms with Gasteiger partial charge in [0.1, 0.15) is 24.4 Å². The number of phosphoric ester groups is 1. The number of hydrogen-bond donors (Lipinski definition) is 8. The highest BCUT2D eigenvalue weighted by Gasteiger charge is 2.47. The number of aliphatic hydroxyl groups is 2. The molecule has 2 aliphatic rings. The Morgan fingerprint density at radius 1 is 1.06 bits per heavy atom. The summed E-state index contributed by atoms with van der Waals surface area (Å²) in [5, 5.41) is 23.6. The molecule has 21 heteroatoms. The fraction of sp³-hybridized carbons (Fsp3) is 0.692. The van der Waals surface area contributed by atoms with Crippen molar-refractivity contribution in [3.63, 3.8) is 0 Å². The molecule has 18 nitrogen and oxygen atoms in total. The highest BCUT2D eigenvalue weighted by molar-refractivity contribution is 7.66. The number of ether oxygens (including phenoxy) is 1. The topological polar surface area (TPSA) is 276 Å². The normalized spacial score (nSPS) is 31.3. The molecule has 194 valence electrons. The molecule has 8 N–H and O–H groups in total. The fourth-order valence-corrected chi connectivity index (χ4v) is 6.50. The van der Waals surface area contributed by atoms with Crippen LogP contribution in [0.1, 0.15) is 24.1 Å². The summed E-state index contributed by atoms with van der Waals surface area (Å²) in [7, 11) is -16.8. The summed E-state index contributed by atoms with van der Waals surface area (Å²) in [6.07, 6.45) is -4.84. The quantitative estimate of drug-likeness (QED) is 0.148. The average Bonchev–Trinajstić information content (AvgIpc) is 3.28. The second-order valence-electron chi connectivity index (χ2n) is 7.36. The molecule has 3 rings (SSSR count). The van der Waals surface area contributed by atoms with Gasteiger partial charge in [0.2, 0.25) is 0 Å². The van der Waals surface area contributed by atoms with Crippen LogP contribution in [-0.4, -0.2) is 77.3 Å². The summed E-state index contributed by atoms with van der Waals surface area (Å²) in [6, 6.07) is -0.285. The van der Waals surface area contributed by atoms with Crippen molar-refractivity contribution in [2.75, 3.05) is 19.7 Å². The van der Waals surface area contributed by atoms with Crippen LogP contribution in [0.5, 0.6) is 0 Å². The zero-order chi connectivity index (χ0) is 25.5. The van der Waals surface area contributed by atoms with Crippen molar-refractivity contribution in [3.05, 3.63) is 32.6 Å². The van der Waals surface area contributed by atoms with Crippen molar-refractivity contribution in [2.24, 2.45) is 0 Å². The minimum atomic E-state index is -5.75. The fourth-order valence-electron chi connectivity index (χ4n) is 3.47. The molecule has 0 aromatic carbocycles. The maximum Gasteiger partial charge on any atom is 0.490 e. The molecule has 0 saturated carbocycles. The van der Waals surface area contributed by atoms with E-state index in [9.17, 15) is 38.4 Å². The number of nitrogens with one attached hydrogen (secondary N) is 2. The Kier molecular flexibility index (Phi) is 8.19. The molecule has 0 bridgehead atoms. The van der Waals surface area contributed by atoms with E-state index >= 15 is 0 Å². The maximum atomic E-state index is 12.3. The Morgan fingerprint density at radius 3 is 2.32 bits per heavy atom. The predicted molar refractivity (Wildman–Crippen MR) is 107 cm³/mol. The summed E-state index contributed by atoms with van der Waals surface area (Å²) in [5.74, 6) is 0. The summed E-state index contributed by atoms with van der Waals surface area (Å²) in [4.78, 5) is 62.2. The van der Waals surface area contributed by atoms with E-state index in [2.05, 4.69) is 23.4 Å². The Hall–Kier alpha value is -1.07. The molecule has 2 saturated heterocycles. The van der Waals surface area contributed by atoms with E-state index < -0.39 is 65.7 Å². The van der Waals surface area contributed by atoms with Crippen molar-refractivity contribution >= 4 is 23.5 Å². The molecule has 2 aliphatic heterocycles. The molecule has 3 heterocycles. The van der Waals surface area contributed by atoms with Crippen LogP contribution in [0.15, 0.2) is 15.8 Å². The summed E-state index contributed by atoms with van der Waals surface area (Å²) in [5.41, 5.74) is -1.82. The lowest BCUT2D eigenvalue weighted by molar-refractivity contribution is -0.0228. The van der Waals surface area contributed by atoms with Crippen LogP contribution in [0.3, 0.4) is 0 Å². The van der Waals surface area contributed by atoms with Gasteiger partial charge in [0.25, 0.3) is 5.56 Å². The van der Waals surface area contributed by atoms with Crippen molar-refractivity contribution in [3.8, 4) is 0 Å². The van der Waals surface area contributed by atoms with Gasteiger partial charge < -0.3 is 39.8 Å². The third kappa shape index (κ3) is 6.78. The zero-order valence-electron chi connectivity index (χ0n) is 16.9. The maximum absolute atomic E-state index is 12.3. The van der Waals surface area contributed by atoms with Gasteiger partial charge in [0.05, 0.1) is 18.2 Å². The average molecular weight is 553 g/mol. The zero-order valence-corrected chi connectivity index (χ0v) is 19.6. The lowest BCUT2D eigenvalue weighted by atomic mass is 10.0. The number of H-pyrrole nitrogens is 1. The molecule has 0 spiro atoms. The molecule has 7 atom stereocenters. The van der Waals surface area contributed by atoms with Crippen molar-refractivity contribution in [2.45, 2.75) is 36.9 Å². The number of hydrogen-bond acceptors (Lipinski definition) is 12. The van der Waals surface area contributed by atoms with Crippen molar-refractivity contribution < 1.29 is 61.4 Å². The number of rotatable bonds is 9. The van der Waals surface area contributed by atoms with Crippen molar-refractivity contribution in [1.29, 1.82) is 0 Å². The summed E-state index contributed by atoms with van der Waals surface area (Å²) >= 11 is 0. The monoisotopic (exact) mass is 553 g/mol. The summed E-state index contributed by atoms with van der Waals surface area (Å²) < 4.78 is 52.0. The van der Waals surface area contributed by atoms with E-state index in [-0.39, 0.29) is 11.6 Å². The molecule has 1 aromatic rings. The van der Waals surface area contributed by atoms with Crippen LogP contribution in [0.2, 0.25) is 0 Å². The molecule has 34 heavy (non-hydrogen) atoms. The van der Waals surface area contributed by atoms with Gasteiger partial charge in [-0.2, -0.15) is 8.62 Å². The number of phosphoric acid groups is 3. The van der Waals surface area contributed by atoms with Crippen LogP contribution >= 0.6 is 23.5 Å². The lowest BCUT2D eigenvalue weighted by Gasteiger charge is -2.19. The van der Waals surface area contributed by atoms with Gasteiger partial charge in [-0.3, -0.25) is 18.9 Å². The second-order valence-corrected chi connectivity index (χ2v) is 11.8. The molecular formula is C13H22N3O15P3. The highest BCUT2D eigenvalue weighted by Crippen LogP contribution is 2.66. The molecule has 0 radical (unpaired) electrons. The SMILES string of the molecule is O=c1[nH]c(=O)n(C2CCNC2)cc1[C@@H]1O[C@H](COP(=O)(O)OP(=O)(O)OP(=O)(O)O)C(O)C1O. The first-order chi connectivity index (χ1) is 15.6. The minimum Gasteiger partial charge on any atom is -0.387 e. The summed E-state index contributed by atoms with van der Waals surface area (Å²) in [6.45, 7) is 0.0444. The van der Waals surface area contributed by atoms with Gasteiger partial charge in [0.15, 0.2) is 0 Å². The van der Waals surface area contributed by atoms with E-state index in [1.54, 1.807) is 0 Å². The van der Waals surface area contributed by atoms with Gasteiger partial charge in [0, 0.05) is 12.7 Å². The van der Waals surface area contributed by atoms with Gasteiger partial charge >= 0.3 is 29.2 Å². The minimum absolute atomic E-state index is 0.223. The Bertz CT molecular complexity index is 1160. The first-order valence-corrected chi connectivity index (χ1v) is 14.0. The van der Waals surface area contributed by atoms with Gasteiger partial charge in [-0.15, -0.1) is 0 Å². The van der Waals surface area contributed by atoms with Crippen LogP contribution in [0, 0.1) is 0 Å². The van der Waals surface area contributed by atoms with Gasteiger partial charge in [-0.1, -0.05) is 0 Å². The van der Waals surface area contributed by atoms with Crippen LogP contribution in [0.4, 0.5) is 0 Å². The largest absolute Gasteiger partial charge is 0.490 e. The molecule has 1 aromatic heterocycles. The second kappa shape index (κ2) is 10.1. The first kappa shape index (κ1) is 27.5. The van der Waals surface area contributed by atoms with E-state index in [0.717, 1.165) is 0 Å².